The summed E-state index contributed by atoms with van der Waals surface area (Å²) in [6.45, 7) is 6.52. The van der Waals surface area contributed by atoms with Gasteiger partial charge in [-0.05, 0) is 29.8 Å². The fourth-order valence-electron chi connectivity index (χ4n) is 2.90. The molecule has 0 amide bonds. The molecule has 0 spiro atoms. The Balaban J connectivity index is 1.90. The van der Waals surface area contributed by atoms with E-state index in [2.05, 4.69) is 64.4 Å². The molecule has 2 aromatic carbocycles. The maximum Gasteiger partial charge on any atom is 0.206 e. The van der Waals surface area contributed by atoms with Crippen molar-refractivity contribution in [3.8, 4) is 11.3 Å². The lowest BCUT2D eigenvalue weighted by molar-refractivity contribution is 0.836. The topological polar surface area (TPSA) is 45.4 Å². The Bertz CT molecular complexity index is 1170. The molecule has 0 saturated carbocycles. The minimum Gasteiger partial charge on any atom is -0.360 e. The van der Waals surface area contributed by atoms with Gasteiger partial charge in [-0.15, -0.1) is 11.3 Å². The first-order chi connectivity index (χ1) is 13.2. The summed E-state index contributed by atoms with van der Waals surface area (Å²) in [6, 6.07) is 18.7. The number of aromatic nitrogens is 2. The summed E-state index contributed by atoms with van der Waals surface area (Å²) >= 11 is 1.59. The van der Waals surface area contributed by atoms with Crippen LogP contribution in [0.4, 0.5) is 0 Å². The second kappa shape index (κ2) is 7.60. The van der Waals surface area contributed by atoms with Gasteiger partial charge in [-0.2, -0.15) is 5.10 Å². The molecule has 1 N–H and O–H groups in total. The molecule has 134 valence electrons. The average molecular weight is 372 g/mol. The molecule has 27 heavy (non-hydrogen) atoms. The lowest BCUT2D eigenvalue weighted by Gasteiger charge is -2.07. The maximum atomic E-state index is 4.72. The normalized spacial score (nSPS) is 12.3. The van der Waals surface area contributed by atoms with Gasteiger partial charge in [0.05, 0.1) is 24.1 Å². The van der Waals surface area contributed by atoms with E-state index in [-0.39, 0.29) is 0 Å². The second-order valence-electron chi connectivity index (χ2n) is 6.39. The van der Waals surface area contributed by atoms with Gasteiger partial charge in [0.25, 0.3) is 0 Å². The van der Waals surface area contributed by atoms with Gasteiger partial charge in [0.2, 0.25) is 4.80 Å². The van der Waals surface area contributed by atoms with Crippen LogP contribution in [0.25, 0.3) is 22.0 Å². The van der Waals surface area contributed by atoms with Crippen LogP contribution in [0.3, 0.4) is 0 Å². The number of nitrogens with zero attached hydrogens (tertiary/aromatic N) is 3. The van der Waals surface area contributed by atoms with Gasteiger partial charge >= 0.3 is 0 Å². The van der Waals surface area contributed by atoms with E-state index in [4.69, 9.17) is 5.10 Å². The van der Waals surface area contributed by atoms with Crippen molar-refractivity contribution in [2.45, 2.75) is 6.92 Å². The average Bonchev–Trinajstić information content (AvgIpc) is 3.34. The van der Waals surface area contributed by atoms with Crippen LogP contribution < -0.4 is 4.80 Å². The molecule has 0 fully saturated rings. The van der Waals surface area contributed by atoms with Crippen LogP contribution in [-0.2, 0) is 0 Å². The van der Waals surface area contributed by atoms with Crippen molar-refractivity contribution in [3.63, 3.8) is 0 Å². The van der Waals surface area contributed by atoms with E-state index >= 15 is 0 Å². The van der Waals surface area contributed by atoms with Crippen molar-refractivity contribution in [1.29, 1.82) is 0 Å². The van der Waals surface area contributed by atoms with Gasteiger partial charge in [0, 0.05) is 17.1 Å². The van der Waals surface area contributed by atoms with Gasteiger partial charge in [-0.25, -0.2) is 4.68 Å². The Morgan fingerprint density at radius 2 is 2.00 bits per heavy atom. The Hall–Kier alpha value is -3.18. The lowest BCUT2D eigenvalue weighted by Crippen LogP contribution is -2.13. The highest BCUT2D eigenvalue weighted by atomic mass is 32.1. The predicted octanol–water partition coefficient (Wildman–Crippen LogP) is 5.06. The van der Waals surface area contributed by atoms with Gasteiger partial charge < -0.3 is 4.98 Å². The van der Waals surface area contributed by atoms with Crippen LogP contribution in [-0.4, -0.2) is 22.4 Å². The van der Waals surface area contributed by atoms with E-state index in [1.165, 1.54) is 10.8 Å². The first-order valence-corrected chi connectivity index (χ1v) is 9.61. The highest BCUT2D eigenvalue weighted by Gasteiger charge is 2.10. The summed E-state index contributed by atoms with van der Waals surface area (Å²) in [6.07, 6.45) is 3.71. The van der Waals surface area contributed by atoms with E-state index in [0.29, 0.717) is 6.54 Å². The molecular formula is C22H20N4S. The van der Waals surface area contributed by atoms with Crippen LogP contribution in [0, 0.1) is 0 Å². The summed E-state index contributed by atoms with van der Waals surface area (Å²) in [5.41, 5.74) is 4.14. The molecule has 0 saturated heterocycles. The molecule has 4 nitrogen and oxygen atoms in total. The summed E-state index contributed by atoms with van der Waals surface area (Å²) in [5.74, 6) is 0. The third-order valence-corrected chi connectivity index (χ3v) is 5.02. The zero-order chi connectivity index (χ0) is 18.6. The van der Waals surface area contributed by atoms with Crippen molar-refractivity contribution in [2.75, 3.05) is 6.54 Å². The van der Waals surface area contributed by atoms with E-state index in [1.807, 2.05) is 36.1 Å². The molecule has 0 unspecified atom stereocenters. The number of hydrogen-bond acceptors (Lipinski definition) is 3. The molecular weight excluding hydrogens is 352 g/mol. The number of fused-ring (bicyclic) bond motifs is 1. The van der Waals surface area contributed by atoms with Crippen molar-refractivity contribution < 1.29 is 0 Å². The Kier molecular flexibility index (Phi) is 4.85. The number of nitrogens with one attached hydrogen (secondary N) is 1. The summed E-state index contributed by atoms with van der Waals surface area (Å²) in [4.78, 5) is 8.69. The van der Waals surface area contributed by atoms with Crippen LogP contribution >= 0.6 is 11.3 Å². The molecule has 5 heteroatoms. The van der Waals surface area contributed by atoms with Crippen LogP contribution in [0.15, 0.2) is 88.4 Å². The van der Waals surface area contributed by atoms with Crippen molar-refractivity contribution in [1.82, 2.24) is 9.66 Å². The number of rotatable bonds is 5. The molecule has 0 aliphatic carbocycles. The van der Waals surface area contributed by atoms with Crippen molar-refractivity contribution in [2.24, 2.45) is 10.1 Å². The molecule has 0 bridgehead atoms. The summed E-state index contributed by atoms with van der Waals surface area (Å²) in [5, 5.41) is 9.24. The van der Waals surface area contributed by atoms with E-state index < -0.39 is 0 Å². The van der Waals surface area contributed by atoms with Crippen molar-refractivity contribution >= 4 is 28.3 Å². The smallest absolute Gasteiger partial charge is 0.206 e. The Morgan fingerprint density at radius 1 is 1.15 bits per heavy atom. The van der Waals surface area contributed by atoms with Crippen molar-refractivity contribution in [3.05, 3.63) is 88.8 Å². The third-order valence-electron chi connectivity index (χ3n) is 4.17. The summed E-state index contributed by atoms with van der Waals surface area (Å²) < 4.78 is 1.91. The molecule has 0 radical (unpaired) electrons. The maximum absolute atomic E-state index is 4.72. The van der Waals surface area contributed by atoms with Gasteiger partial charge in [-0.1, -0.05) is 54.6 Å². The molecule has 0 aliphatic rings. The predicted molar refractivity (Wildman–Crippen MR) is 114 cm³/mol. The minimum atomic E-state index is 0.591. The Morgan fingerprint density at radius 3 is 2.81 bits per heavy atom. The molecule has 2 aromatic heterocycles. The fraction of sp³-hybridized carbons (Fsp3) is 0.0909. The SMILES string of the molecule is C=C(C)CN=c1scc(-c2cccc3ccccc23)n1N=Cc1ccc[nH]1. The number of benzene rings is 2. The lowest BCUT2D eigenvalue weighted by atomic mass is 10.0. The quantitative estimate of drug-likeness (QED) is 0.376. The highest BCUT2D eigenvalue weighted by Crippen LogP contribution is 2.28. The largest absolute Gasteiger partial charge is 0.360 e. The molecule has 0 atom stereocenters. The molecule has 0 aliphatic heterocycles. The first-order valence-electron chi connectivity index (χ1n) is 8.73. The third kappa shape index (κ3) is 3.68. The van der Waals surface area contributed by atoms with Gasteiger partial charge in [0.1, 0.15) is 0 Å². The second-order valence-corrected chi connectivity index (χ2v) is 7.22. The van der Waals surface area contributed by atoms with Gasteiger partial charge in [-0.3, -0.25) is 4.99 Å². The summed E-state index contributed by atoms with van der Waals surface area (Å²) in [7, 11) is 0. The standard InChI is InChI=1S/C22H20N4S/c1-16(2)13-24-22-26(25-14-18-9-6-12-23-18)21(15-27-22)20-11-5-8-17-7-3-4-10-19(17)20/h3-12,14-15,23H,1,13H2,2H3. The highest BCUT2D eigenvalue weighted by molar-refractivity contribution is 7.07. The monoisotopic (exact) mass is 372 g/mol. The van der Waals surface area contributed by atoms with E-state index in [9.17, 15) is 0 Å². The molecule has 2 heterocycles. The Labute approximate surface area is 161 Å². The van der Waals surface area contributed by atoms with Gasteiger partial charge in [0.15, 0.2) is 0 Å². The molecule has 4 rings (SSSR count). The van der Waals surface area contributed by atoms with Crippen LogP contribution in [0.5, 0.6) is 0 Å². The fourth-order valence-corrected chi connectivity index (χ4v) is 3.73. The number of H-pyrrole nitrogens is 1. The number of aromatic amines is 1. The van der Waals surface area contributed by atoms with Crippen LogP contribution in [0.1, 0.15) is 12.6 Å². The van der Waals surface area contributed by atoms with Crippen LogP contribution in [0.2, 0.25) is 0 Å². The number of hydrogen-bond donors (Lipinski definition) is 1. The molecule has 4 aromatic rings. The minimum absolute atomic E-state index is 0.591. The first kappa shape index (κ1) is 17.2. The zero-order valence-corrected chi connectivity index (χ0v) is 15.9. The number of thiazole rings is 1. The zero-order valence-electron chi connectivity index (χ0n) is 15.1. The van der Waals surface area contributed by atoms with E-state index in [0.717, 1.165) is 27.3 Å². The van der Waals surface area contributed by atoms with E-state index in [1.54, 1.807) is 11.3 Å².